The number of carbonyl (C=O) groups is 1. The number of hydrogen-bond donors (Lipinski definition) is 2. The zero-order valence-electron chi connectivity index (χ0n) is 12.5. The second kappa shape index (κ2) is 6.23. The maximum atomic E-state index is 12.0. The zero-order valence-corrected chi connectivity index (χ0v) is 12.5. The van der Waals surface area contributed by atoms with E-state index in [1.807, 2.05) is 0 Å². The summed E-state index contributed by atoms with van der Waals surface area (Å²) in [7, 11) is 0. The van der Waals surface area contributed by atoms with Crippen LogP contribution in [-0.2, 0) is 4.79 Å². The standard InChI is InChI=1S/C15H29N3O/c1-12(2)17-15(14(16)19)8-6-7-13(11-15)18-9-4-3-5-10-18/h12-13,17H,3-11H2,1-2H3,(H2,16,19). The van der Waals surface area contributed by atoms with E-state index in [-0.39, 0.29) is 5.91 Å². The van der Waals surface area contributed by atoms with Gasteiger partial charge in [0.05, 0.1) is 5.54 Å². The van der Waals surface area contributed by atoms with Crippen LogP contribution in [0.5, 0.6) is 0 Å². The lowest BCUT2D eigenvalue weighted by atomic mass is 9.77. The third-order valence-electron chi connectivity index (χ3n) is 4.67. The number of rotatable bonds is 4. The van der Waals surface area contributed by atoms with Crippen LogP contribution in [0.3, 0.4) is 0 Å². The second-order valence-electron chi connectivity index (χ2n) is 6.59. The molecule has 0 aromatic rings. The van der Waals surface area contributed by atoms with Crippen molar-refractivity contribution in [3.8, 4) is 0 Å². The van der Waals surface area contributed by atoms with Crippen LogP contribution in [0.2, 0.25) is 0 Å². The molecule has 2 unspecified atom stereocenters. The fourth-order valence-electron chi connectivity index (χ4n) is 3.82. The number of nitrogens with two attached hydrogens (primary N) is 1. The molecular formula is C15H29N3O. The fraction of sp³-hybridized carbons (Fsp3) is 0.933. The minimum atomic E-state index is -0.478. The van der Waals surface area contributed by atoms with E-state index in [0.717, 1.165) is 19.3 Å². The lowest BCUT2D eigenvalue weighted by Crippen LogP contribution is -2.62. The summed E-state index contributed by atoms with van der Waals surface area (Å²) in [5.74, 6) is -0.164. The highest BCUT2D eigenvalue weighted by molar-refractivity contribution is 5.85. The topological polar surface area (TPSA) is 58.4 Å². The van der Waals surface area contributed by atoms with Crippen LogP contribution in [0.25, 0.3) is 0 Å². The summed E-state index contributed by atoms with van der Waals surface area (Å²) in [4.78, 5) is 14.6. The van der Waals surface area contributed by atoms with Gasteiger partial charge < -0.3 is 16.0 Å². The monoisotopic (exact) mass is 267 g/mol. The van der Waals surface area contributed by atoms with Crippen LogP contribution >= 0.6 is 0 Å². The number of likely N-dealkylation sites (tertiary alicyclic amines) is 1. The number of nitrogens with zero attached hydrogens (tertiary/aromatic N) is 1. The van der Waals surface area contributed by atoms with Crippen molar-refractivity contribution in [3.05, 3.63) is 0 Å². The van der Waals surface area contributed by atoms with Crippen molar-refractivity contribution in [1.29, 1.82) is 0 Å². The van der Waals surface area contributed by atoms with E-state index in [4.69, 9.17) is 5.73 Å². The number of carbonyl (C=O) groups excluding carboxylic acids is 1. The van der Waals surface area contributed by atoms with Gasteiger partial charge in [-0.15, -0.1) is 0 Å². The van der Waals surface area contributed by atoms with Crippen molar-refractivity contribution < 1.29 is 4.79 Å². The quantitative estimate of drug-likeness (QED) is 0.814. The van der Waals surface area contributed by atoms with Crippen LogP contribution in [0, 0.1) is 0 Å². The molecule has 2 aliphatic rings. The minimum Gasteiger partial charge on any atom is -0.368 e. The number of amides is 1. The summed E-state index contributed by atoms with van der Waals surface area (Å²) in [6, 6.07) is 0.834. The van der Waals surface area contributed by atoms with Gasteiger partial charge in [-0.3, -0.25) is 4.79 Å². The molecular weight excluding hydrogens is 238 g/mol. The molecule has 4 nitrogen and oxygen atoms in total. The Kier molecular flexibility index (Phi) is 4.85. The molecule has 1 heterocycles. The van der Waals surface area contributed by atoms with E-state index in [9.17, 15) is 4.79 Å². The maximum absolute atomic E-state index is 12.0. The predicted molar refractivity (Wildman–Crippen MR) is 77.9 cm³/mol. The molecule has 0 radical (unpaired) electrons. The molecule has 0 spiro atoms. The molecule has 1 amide bonds. The van der Waals surface area contributed by atoms with Gasteiger partial charge in [0.2, 0.25) is 5.91 Å². The van der Waals surface area contributed by atoms with E-state index in [2.05, 4.69) is 24.1 Å². The molecule has 0 aromatic heterocycles. The Bertz CT molecular complexity index is 313. The van der Waals surface area contributed by atoms with Crippen molar-refractivity contribution in [2.45, 2.75) is 76.4 Å². The van der Waals surface area contributed by atoms with E-state index in [1.165, 1.54) is 38.8 Å². The van der Waals surface area contributed by atoms with Gasteiger partial charge in [0, 0.05) is 12.1 Å². The average molecular weight is 267 g/mol. The minimum absolute atomic E-state index is 0.164. The molecule has 3 N–H and O–H groups in total. The molecule has 1 saturated carbocycles. The predicted octanol–water partition coefficient (Wildman–Crippen LogP) is 1.64. The fourth-order valence-corrected chi connectivity index (χ4v) is 3.82. The van der Waals surface area contributed by atoms with E-state index < -0.39 is 5.54 Å². The van der Waals surface area contributed by atoms with Gasteiger partial charge >= 0.3 is 0 Å². The molecule has 19 heavy (non-hydrogen) atoms. The molecule has 4 heteroatoms. The lowest BCUT2D eigenvalue weighted by Gasteiger charge is -2.45. The van der Waals surface area contributed by atoms with Crippen molar-refractivity contribution in [1.82, 2.24) is 10.2 Å². The third-order valence-corrected chi connectivity index (χ3v) is 4.67. The van der Waals surface area contributed by atoms with Crippen molar-refractivity contribution >= 4 is 5.91 Å². The Morgan fingerprint density at radius 3 is 2.53 bits per heavy atom. The normalized spacial score (nSPS) is 33.5. The Balaban J connectivity index is 2.06. The van der Waals surface area contributed by atoms with E-state index in [0.29, 0.717) is 12.1 Å². The Morgan fingerprint density at radius 1 is 1.26 bits per heavy atom. The van der Waals surface area contributed by atoms with Crippen LogP contribution in [0.4, 0.5) is 0 Å². The van der Waals surface area contributed by atoms with Gasteiger partial charge in [0.1, 0.15) is 0 Å². The molecule has 0 aromatic carbocycles. The smallest absolute Gasteiger partial charge is 0.237 e. The summed E-state index contributed by atoms with van der Waals surface area (Å²) in [5, 5.41) is 3.46. The summed E-state index contributed by atoms with van der Waals surface area (Å²) < 4.78 is 0. The Labute approximate surface area is 117 Å². The zero-order chi connectivity index (χ0) is 13.9. The van der Waals surface area contributed by atoms with Crippen molar-refractivity contribution in [3.63, 3.8) is 0 Å². The van der Waals surface area contributed by atoms with Gasteiger partial charge in [-0.2, -0.15) is 0 Å². The van der Waals surface area contributed by atoms with Crippen LogP contribution in [-0.4, -0.2) is 41.5 Å². The molecule has 2 atom stereocenters. The average Bonchev–Trinajstić information content (AvgIpc) is 2.39. The molecule has 1 saturated heterocycles. The van der Waals surface area contributed by atoms with E-state index >= 15 is 0 Å². The molecule has 110 valence electrons. The van der Waals surface area contributed by atoms with Crippen LogP contribution in [0.15, 0.2) is 0 Å². The third kappa shape index (κ3) is 3.48. The van der Waals surface area contributed by atoms with Crippen molar-refractivity contribution in [2.75, 3.05) is 13.1 Å². The Morgan fingerprint density at radius 2 is 1.95 bits per heavy atom. The van der Waals surface area contributed by atoms with Gasteiger partial charge in [0.25, 0.3) is 0 Å². The summed E-state index contributed by atoms with van der Waals surface area (Å²) in [5.41, 5.74) is 5.24. The number of primary amides is 1. The molecule has 1 aliphatic heterocycles. The molecule has 0 bridgehead atoms. The summed E-state index contributed by atoms with van der Waals surface area (Å²) in [6.07, 6.45) is 8.06. The summed E-state index contributed by atoms with van der Waals surface area (Å²) >= 11 is 0. The van der Waals surface area contributed by atoms with Crippen LogP contribution in [0.1, 0.15) is 58.8 Å². The highest BCUT2D eigenvalue weighted by atomic mass is 16.1. The lowest BCUT2D eigenvalue weighted by molar-refractivity contribution is -0.127. The first-order chi connectivity index (χ1) is 9.03. The van der Waals surface area contributed by atoms with Gasteiger partial charge in [-0.05, 0) is 65.5 Å². The largest absolute Gasteiger partial charge is 0.368 e. The Hall–Kier alpha value is -0.610. The van der Waals surface area contributed by atoms with Crippen molar-refractivity contribution in [2.24, 2.45) is 5.73 Å². The van der Waals surface area contributed by atoms with E-state index in [1.54, 1.807) is 0 Å². The number of piperidine rings is 1. The second-order valence-corrected chi connectivity index (χ2v) is 6.59. The SMILES string of the molecule is CC(C)NC1(C(N)=O)CCCC(N2CCCCC2)C1. The van der Waals surface area contributed by atoms with Gasteiger partial charge in [-0.1, -0.05) is 6.42 Å². The number of hydrogen-bond acceptors (Lipinski definition) is 3. The molecule has 2 fully saturated rings. The maximum Gasteiger partial charge on any atom is 0.237 e. The first kappa shape index (κ1) is 14.8. The molecule has 1 aliphatic carbocycles. The summed E-state index contributed by atoms with van der Waals surface area (Å²) in [6.45, 7) is 6.58. The first-order valence-electron chi connectivity index (χ1n) is 7.85. The highest BCUT2D eigenvalue weighted by Gasteiger charge is 2.43. The number of nitrogens with one attached hydrogen (secondary N) is 1. The van der Waals surface area contributed by atoms with Crippen LogP contribution < -0.4 is 11.1 Å². The highest BCUT2D eigenvalue weighted by Crippen LogP contribution is 2.32. The first-order valence-corrected chi connectivity index (χ1v) is 7.85. The molecule has 2 rings (SSSR count). The van der Waals surface area contributed by atoms with Gasteiger partial charge in [-0.25, -0.2) is 0 Å². The van der Waals surface area contributed by atoms with Gasteiger partial charge in [0.15, 0.2) is 0 Å².